The first-order valence-corrected chi connectivity index (χ1v) is 5.22. The molecule has 0 aromatic heterocycles. The van der Waals surface area contributed by atoms with Crippen molar-refractivity contribution in [2.75, 3.05) is 0 Å². The monoisotopic (exact) mass is 194 g/mol. The minimum absolute atomic E-state index is 0.198. The molecule has 0 saturated carbocycles. The van der Waals surface area contributed by atoms with E-state index in [1.165, 1.54) is 0 Å². The van der Waals surface area contributed by atoms with Crippen LogP contribution < -0.4 is 0 Å². The van der Waals surface area contributed by atoms with Crippen LogP contribution in [-0.2, 0) is 4.79 Å². The van der Waals surface area contributed by atoms with Crippen LogP contribution in [0.15, 0.2) is 24.3 Å². The minimum Gasteiger partial charge on any atom is -0.300 e. The Morgan fingerprint density at radius 1 is 1.00 bits per heavy atom. The summed E-state index contributed by atoms with van der Waals surface area (Å²) in [6.45, 7) is 13.4. The molecule has 1 nitrogen and oxygen atoms in total. The lowest BCUT2D eigenvalue weighted by Gasteiger charge is -2.13. The van der Waals surface area contributed by atoms with E-state index in [0.717, 1.165) is 36.8 Å². The predicted molar refractivity (Wildman–Crippen MR) is 62.3 cm³/mol. The number of ketones is 1. The van der Waals surface area contributed by atoms with E-state index < -0.39 is 0 Å². The van der Waals surface area contributed by atoms with Crippen molar-refractivity contribution in [2.45, 2.75) is 46.5 Å². The summed E-state index contributed by atoms with van der Waals surface area (Å²) in [6, 6.07) is 0. The molecule has 1 heteroatoms. The topological polar surface area (TPSA) is 17.1 Å². The number of Topliss-reactive ketones (excluding diaryl/α,β-unsaturated/α-hetero) is 1. The highest BCUT2D eigenvalue weighted by molar-refractivity contribution is 5.78. The van der Waals surface area contributed by atoms with Gasteiger partial charge in [0.05, 0.1) is 0 Å². The van der Waals surface area contributed by atoms with Gasteiger partial charge in [0.2, 0.25) is 0 Å². The molecule has 0 spiro atoms. The lowest BCUT2D eigenvalue weighted by molar-refractivity contribution is -0.121. The Balaban J connectivity index is 3.96. The van der Waals surface area contributed by atoms with E-state index in [2.05, 4.69) is 13.2 Å². The summed E-state index contributed by atoms with van der Waals surface area (Å²) in [5, 5.41) is 0. The molecule has 0 aliphatic carbocycles. The van der Waals surface area contributed by atoms with Crippen molar-refractivity contribution in [3.05, 3.63) is 24.3 Å². The van der Waals surface area contributed by atoms with Crippen LogP contribution in [0.25, 0.3) is 0 Å². The standard InChI is InChI=1S/C13H22O/c1-10(2)6-8-13(12(5)14)9-7-11(3)4/h13H,1,3,6-9H2,2,4-5H3. The van der Waals surface area contributed by atoms with E-state index in [4.69, 9.17) is 0 Å². The Morgan fingerprint density at radius 2 is 1.36 bits per heavy atom. The maximum atomic E-state index is 11.3. The Morgan fingerprint density at radius 3 is 1.57 bits per heavy atom. The highest BCUT2D eigenvalue weighted by atomic mass is 16.1. The van der Waals surface area contributed by atoms with Crippen LogP contribution in [0, 0.1) is 5.92 Å². The normalized spacial score (nSPS) is 10.3. The third-order valence-corrected chi connectivity index (χ3v) is 2.41. The average molecular weight is 194 g/mol. The van der Waals surface area contributed by atoms with Crippen LogP contribution >= 0.6 is 0 Å². The number of hydrogen-bond donors (Lipinski definition) is 0. The van der Waals surface area contributed by atoms with Crippen molar-refractivity contribution < 1.29 is 4.79 Å². The Kier molecular flexibility index (Phi) is 6.18. The maximum absolute atomic E-state index is 11.3. The average Bonchev–Trinajstić information content (AvgIpc) is 2.02. The fourth-order valence-electron chi connectivity index (χ4n) is 1.39. The summed E-state index contributed by atoms with van der Waals surface area (Å²) >= 11 is 0. The SMILES string of the molecule is C=C(C)CCC(CCC(=C)C)C(C)=O. The van der Waals surface area contributed by atoms with Crippen LogP contribution in [0.3, 0.4) is 0 Å². The fourth-order valence-corrected chi connectivity index (χ4v) is 1.39. The molecule has 0 amide bonds. The van der Waals surface area contributed by atoms with Crippen molar-refractivity contribution in [3.63, 3.8) is 0 Å². The van der Waals surface area contributed by atoms with Crippen molar-refractivity contribution in [1.29, 1.82) is 0 Å². The molecule has 0 aliphatic heterocycles. The molecule has 0 bridgehead atoms. The molecule has 0 saturated heterocycles. The van der Waals surface area contributed by atoms with Crippen LogP contribution in [0.4, 0.5) is 0 Å². The van der Waals surface area contributed by atoms with Gasteiger partial charge in [0.15, 0.2) is 0 Å². The molecule has 14 heavy (non-hydrogen) atoms. The van der Waals surface area contributed by atoms with E-state index in [1.54, 1.807) is 6.92 Å². The molecule has 0 aliphatic rings. The lowest BCUT2D eigenvalue weighted by atomic mass is 9.91. The number of carbonyl (C=O) groups excluding carboxylic acids is 1. The maximum Gasteiger partial charge on any atom is 0.132 e. The van der Waals surface area contributed by atoms with Crippen molar-refractivity contribution >= 4 is 5.78 Å². The van der Waals surface area contributed by atoms with Gasteiger partial charge in [-0.2, -0.15) is 0 Å². The van der Waals surface area contributed by atoms with Crippen LogP contribution in [0.5, 0.6) is 0 Å². The second-order valence-electron chi connectivity index (χ2n) is 4.30. The Labute approximate surface area is 87.9 Å². The second kappa shape index (κ2) is 6.58. The minimum atomic E-state index is 0.198. The zero-order valence-electron chi connectivity index (χ0n) is 9.73. The zero-order valence-corrected chi connectivity index (χ0v) is 9.73. The van der Waals surface area contributed by atoms with E-state index >= 15 is 0 Å². The third-order valence-electron chi connectivity index (χ3n) is 2.41. The summed E-state index contributed by atoms with van der Waals surface area (Å²) in [7, 11) is 0. The van der Waals surface area contributed by atoms with Crippen LogP contribution in [0.1, 0.15) is 46.5 Å². The summed E-state index contributed by atoms with van der Waals surface area (Å²) in [4.78, 5) is 11.3. The van der Waals surface area contributed by atoms with Gasteiger partial charge < -0.3 is 0 Å². The first-order chi connectivity index (χ1) is 6.43. The van der Waals surface area contributed by atoms with Crippen molar-refractivity contribution in [1.82, 2.24) is 0 Å². The molecule has 0 atom stereocenters. The third kappa shape index (κ3) is 6.64. The fraction of sp³-hybridized carbons (Fsp3) is 0.615. The molecule has 0 N–H and O–H groups in total. The van der Waals surface area contributed by atoms with E-state index in [-0.39, 0.29) is 5.92 Å². The molecule has 0 aromatic carbocycles. The van der Waals surface area contributed by atoms with Gasteiger partial charge in [0.1, 0.15) is 5.78 Å². The smallest absolute Gasteiger partial charge is 0.132 e. The second-order valence-corrected chi connectivity index (χ2v) is 4.30. The molecule has 0 fully saturated rings. The highest BCUT2D eigenvalue weighted by Crippen LogP contribution is 2.19. The molecular formula is C13H22O. The van der Waals surface area contributed by atoms with Crippen LogP contribution in [-0.4, -0.2) is 5.78 Å². The van der Waals surface area contributed by atoms with Crippen molar-refractivity contribution in [2.24, 2.45) is 5.92 Å². The van der Waals surface area contributed by atoms with Gasteiger partial charge in [-0.3, -0.25) is 4.79 Å². The molecule has 0 heterocycles. The van der Waals surface area contributed by atoms with Crippen LogP contribution in [0.2, 0.25) is 0 Å². The van der Waals surface area contributed by atoms with Gasteiger partial charge in [0, 0.05) is 5.92 Å². The summed E-state index contributed by atoms with van der Waals surface area (Å²) in [5.41, 5.74) is 2.32. The van der Waals surface area contributed by atoms with Gasteiger partial charge in [-0.25, -0.2) is 0 Å². The van der Waals surface area contributed by atoms with Gasteiger partial charge in [-0.1, -0.05) is 11.1 Å². The van der Waals surface area contributed by atoms with E-state index in [9.17, 15) is 4.79 Å². The molecule has 0 radical (unpaired) electrons. The quantitative estimate of drug-likeness (QED) is 0.562. The van der Waals surface area contributed by atoms with Crippen molar-refractivity contribution in [3.8, 4) is 0 Å². The molecule has 0 rings (SSSR count). The van der Waals surface area contributed by atoms with Gasteiger partial charge >= 0.3 is 0 Å². The Bertz CT molecular complexity index is 207. The number of rotatable bonds is 7. The molecular weight excluding hydrogens is 172 g/mol. The van der Waals surface area contributed by atoms with E-state index in [1.807, 2.05) is 13.8 Å². The first kappa shape index (κ1) is 13.2. The highest BCUT2D eigenvalue weighted by Gasteiger charge is 2.13. The molecule has 80 valence electrons. The number of carbonyl (C=O) groups is 1. The summed E-state index contributed by atoms with van der Waals surface area (Å²) < 4.78 is 0. The first-order valence-electron chi connectivity index (χ1n) is 5.22. The summed E-state index contributed by atoms with van der Waals surface area (Å²) in [5.74, 6) is 0.496. The largest absolute Gasteiger partial charge is 0.300 e. The molecule has 0 unspecified atom stereocenters. The van der Waals surface area contributed by atoms with Gasteiger partial charge in [-0.05, 0) is 46.5 Å². The zero-order chi connectivity index (χ0) is 11.1. The van der Waals surface area contributed by atoms with E-state index in [0.29, 0.717) is 5.78 Å². The summed E-state index contributed by atoms with van der Waals surface area (Å²) in [6.07, 6.45) is 3.80. The number of allylic oxidation sites excluding steroid dienone is 2. The lowest BCUT2D eigenvalue weighted by Crippen LogP contribution is -2.11. The Hall–Kier alpha value is -0.850. The number of hydrogen-bond acceptors (Lipinski definition) is 1. The predicted octanol–water partition coefficient (Wildman–Crippen LogP) is 3.90. The molecule has 0 aromatic rings. The van der Waals surface area contributed by atoms with Gasteiger partial charge in [-0.15, -0.1) is 13.2 Å². The van der Waals surface area contributed by atoms with Gasteiger partial charge in [0.25, 0.3) is 0 Å².